The zero-order chi connectivity index (χ0) is 23.6. The molecule has 0 aliphatic carbocycles. The zero-order valence-electron chi connectivity index (χ0n) is 20.0. The lowest BCUT2D eigenvalue weighted by Crippen LogP contribution is -2.32. The molecule has 1 heterocycles. The normalized spacial score (nSPS) is 12.1. The minimum absolute atomic E-state index is 0.205. The Balaban J connectivity index is 1.40. The summed E-state index contributed by atoms with van der Waals surface area (Å²) in [4.78, 5) is 2.07. The van der Waals surface area contributed by atoms with Gasteiger partial charge in [-0.15, -0.1) is 0 Å². The Morgan fingerprint density at radius 3 is 2.33 bits per heavy atom. The molecule has 7 nitrogen and oxygen atoms in total. The van der Waals surface area contributed by atoms with Crippen LogP contribution in [0.1, 0.15) is 23.9 Å². The number of aryl methyl sites for hydroxylation is 2. The molecular formula is C26H35N3O4. The van der Waals surface area contributed by atoms with E-state index in [0.717, 1.165) is 35.8 Å². The highest BCUT2D eigenvalue weighted by atomic mass is 16.5. The number of aliphatic hydroxyl groups excluding tert-OH is 1. The molecule has 0 fully saturated rings. The number of likely N-dealkylation sites (N-methyl/N-ethyl adjacent to an activating group) is 1. The van der Waals surface area contributed by atoms with E-state index in [1.54, 1.807) is 0 Å². The Hall–Kier alpha value is -3.03. The van der Waals surface area contributed by atoms with Crippen molar-refractivity contribution in [3.05, 3.63) is 71.5 Å². The molecular weight excluding hydrogens is 418 g/mol. The third-order valence-corrected chi connectivity index (χ3v) is 5.15. The van der Waals surface area contributed by atoms with Gasteiger partial charge in [0, 0.05) is 18.8 Å². The quantitative estimate of drug-likeness (QED) is 0.424. The van der Waals surface area contributed by atoms with Crippen molar-refractivity contribution in [2.45, 2.75) is 40.0 Å². The summed E-state index contributed by atoms with van der Waals surface area (Å²) in [5.74, 6) is 2.18. The van der Waals surface area contributed by atoms with Gasteiger partial charge in [-0.3, -0.25) is 9.58 Å². The van der Waals surface area contributed by atoms with Crippen molar-refractivity contribution in [2.24, 2.45) is 0 Å². The lowest BCUT2D eigenvalue weighted by molar-refractivity contribution is 0.0730. The molecule has 1 aromatic heterocycles. The van der Waals surface area contributed by atoms with Gasteiger partial charge in [-0.25, -0.2) is 0 Å². The van der Waals surface area contributed by atoms with Crippen molar-refractivity contribution >= 4 is 0 Å². The van der Waals surface area contributed by atoms with E-state index in [1.165, 1.54) is 0 Å². The SMILES string of the molecule is CCOc1ccccc1OC[C@H](O)CN(C)Cc1ccc(OCCn2nc(C)cc2C)cc1. The molecule has 0 saturated heterocycles. The Morgan fingerprint density at radius 2 is 1.70 bits per heavy atom. The third-order valence-electron chi connectivity index (χ3n) is 5.15. The second kappa shape index (κ2) is 12.3. The summed E-state index contributed by atoms with van der Waals surface area (Å²) in [5.41, 5.74) is 3.31. The van der Waals surface area contributed by atoms with Crippen LogP contribution in [0.15, 0.2) is 54.6 Å². The maximum Gasteiger partial charge on any atom is 0.161 e. The van der Waals surface area contributed by atoms with Crippen LogP contribution in [-0.2, 0) is 13.1 Å². The Kier molecular flexibility index (Phi) is 9.15. The molecule has 0 aliphatic rings. The van der Waals surface area contributed by atoms with Crippen molar-refractivity contribution in [2.75, 3.05) is 33.4 Å². The molecule has 0 aliphatic heterocycles. The van der Waals surface area contributed by atoms with Gasteiger partial charge in [0.25, 0.3) is 0 Å². The van der Waals surface area contributed by atoms with Gasteiger partial charge in [0.15, 0.2) is 11.5 Å². The monoisotopic (exact) mass is 453 g/mol. The molecule has 0 radical (unpaired) electrons. The van der Waals surface area contributed by atoms with E-state index in [4.69, 9.17) is 14.2 Å². The van der Waals surface area contributed by atoms with E-state index >= 15 is 0 Å². The first-order valence-corrected chi connectivity index (χ1v) is 11.4. The van der Waals surface area contributed by atoms with Crippen LogP contribution >= 0.6 is 0 Å². The fourth-order valence-electron chi connectivity index (χ4n) is 3.66. The highest BCUT2D eigenvalue weighted by molar-refractivity contribution is 5.39. The van der Waals surface area contributed by atoms with E-state index < -0.39 is 6.10 Å². The van der Waals surface area contributed by atoms with Gasteiger partial charge in [-0.2, -0.15) is 5.10 Å². The minimum atomic E-state index is -0.610. The van der Waals surface area contributed by atoms with E-state index in [1.807, 2.05) is 68.9 Å². The maximum absolute atomic E-state index is 10.4. The van der Waals surface area contributed by atoms with E-state index in [2.05, 4.69) is 28.2 Å². The maximum atomic E-state index is 10.4. The Labute approximate surface area is 196 Å². The highest BCUT2D eigenvalue weighted by Gasteiger charge is 2.12. The molecule has 178 valence electrons. The van der Waals surface area contributed by atoms with Crippen LogP contribution in [-0.4, -0.2) is 59.3 Å². The molecule has 0 bridgehead atoms. The summed E-state index contributed by atoms with van der Waals surface area (Å²) in [6.07, 6.45) is -0.610. The molecule has 0 amide bonds. The number of rotatable bonds is 13. The summed E-state index contributed by atoms with van der Waals surface area (Å²) >= 11 is 0. The number of para-hydroxylation sites is 2. The fraction of sp³-hybridized carbons (Fsp3) is 0.423. The Bertz CT molecular complexity index is 987. The first kappa shape index (κ1) is 24.6. The molecule has 2 aromatic carbocycles. The molecule has 0 spiro atoms. The predicted molar refractivity (Wildman–Crippen MR) is 129 cm³/mol. The van der Waals surface area contributed by atoms with E-state index in [-0.39, 0.29) is 6.61 Å². The van der Waals surface area contributed by atoms with Crippen LogP contribution in [0.5, 0.6) is 17.2 Å². The van der Waals surface area contributed by atoms with Gasteiger partial charge in [0.1, 0.15) is 25.1 Å². The first-order valence-electron chi connectivity index (χ1n) is 11.4. The lowest BCUT2D eigenvalue weighted by atomic mass is 10.2. The number of benzene rings is 2. The summed E-state index contributed by atoms with van der Waals surface area (Å²) in [5, 5.41) is 14.9. The topological polar surface area (TPSA) is 69.0 Å². The zero-order valence-corrected chi connectivity index (χ0v) is 20.0. The minimum Gasteiger partial charge on any atom is -0.492 e. The van der Waals surface area contributed by atoms with Crippen molar-refractivity contribution in [3.63, 3.8) is 0 Å². The van der Waals surface area contributed by atoms with Crippen LogP contribution in [0, 0.1) is 13.8 Å². The first-order chi connectivity index (χ1) is 15.9. The number of hydrogen-bond donors (Lipinski definition) is 1. The smallest absolute Gasteiger partial charge is 0.161 e. The molecule has 33 heavy (non-hydrogen) atoms. The fourth-order valence-corrected chi connectivity index (χ4v) is 3.66. The van der Waals surface area contributed by atoms with Gasteiger partial charge >= 0.3 is 0 Å². The number of ether oxygens (including phenoxy) is 3. The largest absolute Gasteiger partial charge is 0.492 e. The Morgan fingerprint density at radius 1 is 1.00 bits per heavy atom. The molecule has 7 heteroatoms. The van der Waals surface area contributed by atoms with Gasteiger partial charge < -0.3 is 19.3 Å². The number of nitrogens with zero attached hydrogens (tertiary/aromatic N) is 3. The highest BCUT2D eigenvalue weighted by Crippen LogP contribution is 2.26. The van der Waals surface area contributed by atoms with Gasteiger partial charge in [0.2, 0.25) is 0 Å². The van der Waals surface area contributed by atoms with Gasteiger partial charge in [-0.1, -0.05) is 24.3 Å². The summed E-state index contributed by atoms with van der Waals surface area (Å²) in [6.45, 7) is 9.26. The second-order valence-corrected chi connectivity index (χ2v) is 8.18. The summed E-state index contributed by atoms with van der Waals surface area (Å²) in [7, 11) is 1.98. The summed E-state index contributed by atoms with van der Waals surface area (Å²) in [6, 6.07) is 17.6. The standard InChI is InChI=1S/C26H35N3O4/c1-5-31-25-8-6-7-9-26(25)33-19-23(30)18-28(4)17-22-10-12-24(13-11-22)32-15-14-29-21(3)16-20(2)27-29/h6-13,16,23,30H,5,14-15,17-19H2,1-4H3/t23-/m1/s1. The second-order valence-electron chi connectivity index (χ2n) is 8.18. The number of hydrogen-bond acceptors (Lipinski definition) is 6. The van der Waals surface area contributed by atoms with Crippen molar-refractivity contribution < 1.29 is 19.3 Å². The van der Waals surface area contributed by atoms with Crippen molar-refractivity contribution in [1.29, 1.82) is 0 Å². The number of aromatic nitrogens is 2. The van der Waals surface area contributed by atoms with E-state index in [9.17, 15) is 5.11 Å². The number of aliphatic hydroxyl groups is 1. The van der Waals surface area contributed by atoms with Crippen molar-refractivity contribution in [3.8, 4) is 17.2 Å². The average molecular weight is 454 g/mol. The van der Waals surface area contributed by atoms with E-state index in [0.29, 0.717) is 31.3 Å². The van der Waals surface area contributed by atoms with Crippen LogP contribution in [0.2, 0.25) is 0 Å². The van der Waals surface area contributed by atoms with Crippen LogP contribution in [0.4, 0.5) is 0 Å². The molecule has 3 aromatic rings. The summed E-state index contributed by atoms with van der Waals surface area (Å²) < 4.78 is 19.2. The van der Waals surface area contributed by atoms with Gasteiger partial charge in [0.05, 0.1) is 18.8 Å². The molecule has 1 atom stereocenters. The predicted octanol–water partition coefficient (Wildman–Crippen LogP) is 3.85. The average Bonchev–Trinajstić information content (AvgIpc) is 3.11. The molecule has 1 N–H and O–H groups in total. The van der Waals surface area contributed by atoms with Crippen LogP contribution in [0.3, 0.4) is 0 Å². The molecule has 0 unspecified atom stereocenters. The lowest BCUT2D eigenvalue weighted by Gasteiger charge is -2.21. The van der Waals surface area contributed by atoms with Gasteiger partial charge in [-0.05, 0) is 63.7 Å². The molecule has 3 rings (SSSR count). The van der Waals surface area contributed by atoms with Crippen molar-refractivity contribution in [1.82, 2.24) is 14.7 Å². The van der Waals surface area contributed by atoms with Crippen LogP contribution < -0.4 is 14.2 Å². The molecule has 0 saturated carbocycles. The van der Waals surface area contributed by atoms with Crippen LogP contribution in [0.25, 0.3) is 0 Å². The third kappa shape index (κ3) is 7.80.